The highest BCUT2D eigenvalue weighted by Gasteiger charge is 2.16. The largest absolute Gasteiger partial charge is 0.383 e. The lowest BCUT2D eigenvalue weighted by Crippen LogP contribution is -2.23. The number of methoxy groups -OCH3 is 1. The van der Waals surface area contributed by atoms with E-state index in [2.05, 4.69) is 21.6 Å². The maximum Gasteiger partial charge on any atom is 0.147 e. The number of nitrogen functional groups attached to an aromatic ring is 1. The minimum atomic E-state index is 0.255. The summed E-state index contributed by atoms with van der Waals surface area (Å²) in [6, 6.07) is 4.12. The number of ether oxygens (including phenoxy) is 1. The Hall–Kier alpha value is -1.66. The average molecular weight is 278 g/mol. The van der Waals surface area contributed by atoms with E-state index in [1.54, 1.807) is 19.5 Å². The first kappa shape index (κ1) is 13.8. The summed E-state index contributed by atoms with van der Waals surface area (Å²) >= 11 is 1.38. The Morgan fingerprint density at radius 2 is 2.16 bits per heavy atom. The second-order valence-electron chi connectivity index (χ2n) is 4.21. The van der Waals surface area contributed by atoms with Crippen LogP contribution in [0.4, 0.5) is 10.8 Å². The number of nitrogens with two attached hydrogens (primary N) is 1. The van der Waals surface area contributed by atoms with Crippen molar-refractivity contribution in [3.05, 3.63) is 24.5 Å². The van der Waals surface area contributed by atoms with Crippen molar-refractivity contribution in [2.75, 3.05) is 24.8 Å². The van der Waals surface area contributed by atoms with Crippen LogP contribution in [-0.2, 0) is 4.74 Å². The van der Waals surface area contributed by atoms with Crippen LogP contribution in [-0.4, -0.2) is 29.1 Å². The zero-order valence-electron chi connectivity index (χ0n) is 11.1. The maximum absolute atomic E-state index is 5.97. The standard InChI is InChI=1S/C13H18N4OS/c1-3-10(8-18-2)16-13-11(12(14)17-19-13)9-4-6-15-7-5-9/h4-7,10,16H,3,8H2,1-2H3,(H2,14,17). The van der Waals surface area contributed by atoms with Gasteiger partial charge in [0.2, 0.25) is 0 Å². The second kappa shape index (κ2) is 6.49. The van der Waals surface area contributed by atoms with Gasteiger partial charge in [0, 0.05) is 19.5 Å². The predicted octanol–water partition coefficient (Wildman–Crippen LogP) is 2.62. The number of rotatable bonds is 6. The highest BCUT2D eigenvalue weighted by atomic mass is 32.1. The molecule has 2 aromatic heterocycles. The van der Waals surface area contributed by atoms with Crippen LogP contribution in [0.25, 0.3) is 11.1 Å². The Morgan fingerprint density at radius 1 is 1.42 bits per heavy atom. The molecule has 1 unspecified atom stereocenters. The first-order valence-corrected chi connectivity index (χ1v) is 6.94. The first-order valence-electron chi connectivity index (χ1n) is 6.17. The van der Waals surface area contributed by atoms with E-state index in [1.165, 1.54) is 11.5 Å². The number of pyridine rings is 1. The van der Waals surface area contributed by atoms with Crippen molar-refractivity contribution in [3.8, 4) is 11.1 Å². The average Bonchev–Trinajstić information content (AvgIpc) is 2.80. The number of hydrogen-bond donors (Lipinski definition) is 2. The van der Waals surface area contributed by atoms with E-state index in [1.807, 2.05) is 12.1 Å². The molecule has 2 rings (SSSR count). The topological polar surface area (TPSA) is 73.1 Å². The van der Waals surface area contributed by atoms with Crippen molar-refractivity contribution in [2.24, 2.45) is 0 Å². The molecule has 0 bridgehead atoms. The van der Waals surface area contributed by atoms with Gasteiger partial charge in [-0.15, -0.1) is 0 Å². The fourth-order valence-corrected chi connectivity index (χ4v) is 2.66. The number of hydrogen-bond acceptors (Lipinski definition) is 6. The number of nitrogens with one attached hydrogen (secondary N) is 1. The lowest BCUT2D eigenvalue weighted by Gasteiger charge is -2.16. The van der Waals surface area contributed by atoms with Crippen LogP contribution in [0.3, 0.4) is 0 Å². The van der Waals surface area contributed by atoms with Gasteiger partial charge < -0.3 is 15.8 Å². The summed E-state index contributed by atoms with van der Waals surface area (Å²) in [7, 11) is 1.70. The van der Waals surface area contributed by atoms with Gasteiger partial charge >= 0.3 is 0 Å². The molecule has 0 aliphatic heterocycles. The van der Waals surface area contributed by atoms with Gasteiger partial charge in [-0.05, 0) is 35.6 Å². The molecule has 0 aromatic carbocycles. The van der Waals surface area contributed by atoms with Crippen molar-refractivity contribution < 1.29 is 4.74 Å². The molecule has 0 amide bonds. The molecule has 2 aromatic rings. The van der Waals surface area contributed by atoms with Crippen molar-refractivity contribution in [1.29, 1.82) is 0 Å². The van der Waals surface area contributed by atoms with Gasteiger partial charge in [0.25, 0.3) is 0 Å². The normalized spacial score (nSPS) is 12.3. The summed E-state index contributed by atoms with van der Waals surface area (Å²) in [5.74, 6) is 0.547. The van der Waals surface area contributed by atoms with E-state index >= 15 is 0 Å². The molecule has 19 heavy (non-hydrogen) atoms. The summed E-state index contributed by atoms with van der Waals surface area (Å²) in [4.78, 5) is 4.02. The lowest BCUT2D eigenvalue weighted by atomic mass is 10.1. The Kier molecular flexibility index (Phi) is 4.70. The minimum Gasteiger partial charge on any atom is -0.383 e. The highest BCUT2D eigenvalue weighted by molar-refractivity contribution is 7.11. The minimum absolute atomic E-state index is 0.255. The van der Waals surface area contributed by atoms with E-state index in [0.29, 0.717) is 12.4 Å². The van der Waals surface area contributed by atoms with Crippen LogP contribution in [0.2, 0.25) is 0 Å². The van der Waals surface area contributed by atoms with Crippen LogP contribution < -0.4 is 11.1 Å². The van der Waals surface area contributed by atoms with Gasteiger partial charge in [0.1, 0.15) is 10.8 Å². The van der Waals surface area contributed by atoms with Gasteiger partial charge in [-0.3, -0.25) is 4.98 Å². The summed E-state index contributed by atoms with van der Waals surface area (Å²) in [6.07, 6.45) is 4.48. The fourth-order valence-electron chi connectivity index (χ4n) is 1.85. The molecule has 6 heteroatoms. The number of nitrogens with zero attached hydrogens (tertiary/aromatic N) is 2. The SMILES string of the molecule is CCC(COC)Nc1snc(N)c1-c1ccncc1. The maximum atomic E-state index is 5.97. The van der Waals surface area contributed by atoms with Gasteiger partial charge in [0.05, 0.1) is 18.2 Å². The van der Waals surface area contributed by atoms with Crippen molar-refractivity contribution >= 4 is 22.4 Å². The Labute approximate surface area is 117 Å². The van der Waals surface area contributed by atoms with Crippen molar-refractivity contribution in [3.63, 3.8) is 0 Å². The smallest absolute Gasteiger partial charge is 0.147 e. The molecule has 0 saturated heterocycles. The van der Waals surface area contributed by atoms with Gasteiger partial charge in [-0.2, -0.15) is 4.37 Å². The molecule has 5 nitrogen and oxygen atoms in total. The Bertz CT molecular complexity index is 515. The highest BCUT2D eigenvalue weighted by Crippen LogP contribution is 2.36. The van der Waals surface area contributed by atoms with Crippen LogP contribution in [0.5, 0.6) is 0 Å². The summed E-state index contributed by atoms with van der Waals surface area (Å²) in [6.45, 7) is 2.78. The first-order chi connectivity index (χ1) is 9.26. The third-order valence-electron chi connectivity index (χ3n) is 2.88. The fraction of sp³-hybridized carbons (Fsp3) is 0.385. The van der Waals surface area contributed by atoms with Crippen molar-refractivity contribution in [2.45, 2.75) is 19.4 Å². The monoisotopic (exact) mass is 278 g/mol. The molecule has 2 heterocycles. The summed E-state index contributed by atoms with van der Waals surface area (Å²) in [5.41, 5.74) is 7.94. The molecule has 0 saturated carbocycles. The molecule has 0 spiro atoms. The molecular formula is C13H18N4OS. The molecule has 102 valence electrons. The molecule has 0 aliphatic rings. The van der Waals surface area contributed by atoms with Crippen LogP contribution in [0, 0.1) is 0 Å². The third-order valence-corrected chi connectivity index (χ3v) is 3.68. The van der Waals surface area contributed by atoms with Gasteiger partial charge in [-0.1, -0.05) is 6.92 Å². The van der Waals surface area contributed by atoms with E-state index in [4.69, 9.17) is 10.5 Å². The van der Waals surface area contributed by atoms with E-state index in [9.17, 15) is 0 Å². The van der Waals surface area contributed by atoms with E-state index in [-0.39, 0.29) is 6.04 Å². The molecule has 3 N–H and O–H groups in total. The van der Waals surface area contributed by atoms with Crippen molar-refractivity contribution in [1.82, 2.24) is 9.36 Å². The second-order valence-corrected chi connectivity index (χ2v) is 4.99. The zero-order valence-corrected chi connectivity index (χ0v) is 11.9. The lowest BCUT2D eigenvalue weighted by molar-refractivity contribution is 0.184. The summed E-state index contributed by atoms with van der Waals surface area (Å²) in [5, 5.41) is 4.43. The zero-order chi connectivity index (χ0) is 13.7. The number of anilines is 2. The van der Waals surface area contributed by atoms with Gasteiger partial charge in [0.15, 0.2) is 0 Å². The number of aromatic nitrogens is 2. The quantitative estimate of drug-likeness (QED) is 0.849. The predicted molar refractivity (Wildman–Crippen MR) is 79.3 cm³/mol. The molecular weight excluding hydrogens is 260 g/mol. The third kappa shape index (κ3) is 3.21. The van der Waals surface area contributed by atoms with Gasteiger partial charge in [-0.25, -0.2) is 0 Å². The Morgan fingerprint density at radius 3 is 2.79 bits per heavy atom. The van der Waals surface area contributed by atoms with E-state index < -0.39 is 0 Å². The molecule has 0 aliphatic carbocycles. The molecule has 0 radical (unpaired) electrons. The van der Waals surface area contributed by atoms with E-state index in [0.717, 1.165) is 22.5 Å². The van der Waals surface area contributed by atoms with Crippen LogP contribution in [0.1, 0.15) is 13.3 Å². The van der Waals surface area contributed by atoms with Crippen LogP contribution in [0.15, 0.2) is 24.5 Å². The molecule has 0 fully saturated rings. The van der Waals surface area contributed by atoms with Crippen LogP contribution >= 0.6 is 11.5 Å². The molecule has 1 atom stereocenters. The Balaban J connectivity index is 2.28. The summed E-state index contributed by atoms with van der Waals surface area (Å²) < 4.78 is 9.44.